The van der Waals surface area contributed by atoms with Gasteiger partial charge in [-0.2, -0.15) is 0 Å². The Morgan fingerprint density at radius 3 is 2.61 bits per heavy atom. The Morgan fingerprint density at radius 1 is 1.10 bits per heavy atom. The molecule has 8 heteroatoms. The van der Waals surface area contributed by atoms with E-state index in [1.54, 1.807) is 18.2 Å². The Kier molecular flexibility index (Phi) is 5.13. The van der Waals surface area contributed by atoms with Crippen LogP contribution in [0.1, 0.15) is 12.8 Å². The number of rotatable bonds is 4. The van der Waals surface area contributed by atoms with E-state index in [9.17, 15) is 9.59 Å². The Balaban J connectivity index is 1.25. The number of hydrogen-bond donors (Lipinski definition) is 0. The van der Waals surface area contributed by atoms with Gasteiger partial charge in [0.05, 0.1) is 12.8 Å². The van der Waals surface area contributed by atoms with Crippen LogP contribution in [0, 0.1) is 0 Å². The molecule has 2 saturated heterocycles. The largest absolute Gasteiger partial charge is 0.497 e. The maximum Gasteiger partial charge on any atom is 0.250 e. The average molecular weight is 422 g/mol. The third-order valence-electron chi connectivity index (χ3n) is 6.50. The second-order valence-corrected chi connectivity index (χ2v) is 8.19. The number of carbonyl (C=O) groups is 2. The van der Waals surface area contributed by atoms with Crippen LogP contribution in [-0.2, 0) is 9.59 Å². The van der Waals surface area contributed by atoms with E-state index in [2.05, 4.69) is 14.8 Å². The number of methoxy groups -OCH3 is 1. The van der Waals surface area contributed by atoms with Crippen LogP contribution in [0.25, 0.3) is 0 Å². The van der Waals surface area contributed by atoms with Gasteiger partial charge in [-0.3, -0.25) is 14.5 Å². The van der Waals surface area contributed by atoms with Gasteiger partial charge >= 0.3 is 0 Å². The number of piperazine rings is 1. The summed E-state index contributed by atoms with van der Waals surface area (Å²) in [4.78, 5) is 38.6. The summed E-state index contributed by atoms with van der Waals surface area (Å²) in [6, 6.07) is 11.5. The van der Waals surface area contributed by atoms with E-state index >= 15 is 0 Å². The number of anilines is 3. The molecule has 3 aliphatic rings. The highest BCUT2D eigenvalue weighted by Crippen LogP contribution is 2.38. The van der Waals surface area contributed by atoms with Crippen LogP contribution in [0.5, 0.6) is 5.75 Å². The lowest BCUT2D eigenvalue weighted by molar-refractivity contribution is -0.132. The fourth-order valence-electron chi connectivity index (χ4n) is 4.80. The SMILES string of the molecule is COc1ccc(N2CCN(C(=O)CN3C(=O)[C@H]4CCCN4c4ncccc43)CC2)cc1. The smallest absolute Gasteiger partial charge is 0.250 e. The lowest BCUT2D eigenvalue weighted by atomic mass is 10.1. The van der Waals surface area contributed by atoms with Crippen molar-refractivity contribution in [2.75, 3.05) is 61.1 Å². The van der Waals surface area contributed by atoms with E-state index < -0.39 is 0 Å². The zero-order chi connectivity index (χ0) is 21.4. The molecule has 162 valence electrons. The second-order valence-electron chi connectivity index (χ2n) is 8.19. The Hall–Kier alpha value is -3.29. The van der Waals surface area contributed by atoms with Gasteiger partial charge < -0.3 is 19.4 Å². The first-order chi connectivity index (χ1) is 15.2. The molecule has 4 heterocycles. The van der Waals surface area contributed by atoms with Gasteiger partial charge in [0.15, 0.2) is 5.82 Å². The van der Waals surface area contributed by atoms with Crippen molar-refractivity contribution in [3.63, 3.8) is 0 Å². The summed E-state index contributed by atoms with van der Waals surface area (Å²) in [6.07, 6.45) is 3.55. The topological polar surface area (TPSA) is 69.2 Å². The first-order valence-electron chi connectivity index (χ1n) is 10.9. The summed E-state index contributed by atoms with van der Waals surface area (Å²) >= 11 is 0. The third kappa shape index (κ3) is 3.56. The molecule has 2 amide bonds. The number of carbonyl (C=O) groups excluding carboxylic acids is 2. The van der Waals surface area contributed by atoms with Crippen molar-refractivity contribution in [3.05, 3.63) is 42.6 Å². The summed E-state index contributed by atoms with van der Waals surface area (Å²) < 4.78 is 5.23. The molecule has 0 N–H and O–H groups in total. The van der Waals surface area contributed by atoms with E-state index in [0.29, 0.717) is 13.1 Å². The van der Waals surface area contributed by atoms with Gasteiger partial charge in [-0.15, -0.1) is 0 Å². The van der Waals surface area contributed by atoms with Crippen LogP contribution in [0.4, 0.5) is 17.2 Å². The van der Waals surface area contributed by atoms with E-state index in [1.165, 1.54) is 0 Å². The first kappa shape index (κ1) is 19.7. The normalized spacial score (nSPS) is 20.5. The maximum absolute atomic E-state index is 13.1. The molecule has 2 fully saturated rings. The number of ether oxygens (including phenoxy) is 1. The van der Waals surface area contributed by atoms with Crippen molar-refractivity contribution in [2.24, 2.45) is 0 Å². The van der Waals surface area contributed by atoms with Crippen molar-refractivity contribution in [1.82, 2.24) is 9.88 Å². The molecule has 0 bridgehead atoms. The summed E-state index contributed by atoms with van der Waals surface area (Å²) in [6.45, 7) is 3.73. The minimum absolute atomic E-state index is 0.0102. The van der Waals surface area contributed by atoms with E-state index in [4.69, 9.17) is 4.74 Å². The summed E-state index contributed by atoms with van der Waals surface area (Å²) in [5, 5.41) is 0. The highest BCUT2D eigenvalue weighted by molar-refractivity contribution is 6.08. The van der Waals surface area contributed by atoms with E-state index in [-0.39, 0.29) is 24.4 Å². The standard InChI is InChI=1S/C23H27N5O3/c1-31-18-8-6-17(7-9-18)25-12-14-26(15-13-25)21(29)16-28-19-4-2-10-24-22(19)27-11-3-5-20(27)23(28)30/h2,4,6-10,20H,3,5,11-16H2,1H3/t20-/m1/s1. The number of amides is 2. The molecule has 0 unspecified atom stereocenters. The lowest BCUT2D eigenvalue weighted by Gasteiger charge is -2.40. The Morgan fingerprint density at radius 2 is 1.87 bits per heavy atom. The van der Waals surface area contributed by atoms with Crippen molar-refractivity contribution in [2.45, 2.75) is 18.9 Å². The molecule has 8 nitrogen and oxygen atoms in total. The Bertz CT molecular complexity index is 971. The van der Waals surface area contributed by atoms with Crippen molar-refractivity contribution in [3.8, 4) is 5.75 Å². The molecule has 3 aliphatic heterocycles. The minimum atomic E-state index is -0.192. The molecule has 5 rings (SSSR count). The molecule has 0 aliphatic carbocycles. The maximum atomic E-state index is 13.1. The number of fused-ring (bicyclic) bond motifs is 3. The fraction of sp³-hybridized carbons (Fsp3) is 0.435. The quantitative estimate of drug-likeness (QED) is 0.749. The zero-order valence-corrected chi connectivity index (χ0v) is 17.7. The van der Waals surface area contributed by atoms with Crippen LogP contribution in [0.3, 0.4) is 0 Å². The number of aromatic nitrogens is 1. The van der Waals surface area contributed by atoms with Crippen LogP contribution in [0.15, 0.2) is 42.6 Å². The van der Waals surface area contributed by atoms with Crippen LogP contribution in [0.2, 0.25) is 0 Å². The molecule has 2 aromatic rings. The van der Waals surface area contributed by atoms with Crippen molar-refractivity contribution in [1.29, 1.82) is 0 Å². The van der Waals surface area contributed by atoms with Gasteiger partial charge in [0.2, 0.25) is 11.8 Å². The summed E-state index contributed by atoms with van der Waals surface area (Å²) in [5.74, 6) is 1.66. The highest BCUT2D eigenvalue weighted by Gasteiger charge is 2.42. The molecule has 0 radical (unpaired) electrons. The molecule has 1 aromatic carbocycles. The van der Waals surface area contributed by atoms with Gasteiger partial charge in [-0.05, 0) is 49.2 Å². The summed E-state index contributed by atoms with van der Waals surface area (Å²) in [7, 11) is 1.66. The molecule has 1 aromatic heterocycles. The Labute approximate surface area is 182 Å². The third-order valence-corrected chi connectivity index (χ3v) is 6.50. The first-order valence-corrected chi connectivity index (χ1v) is 10.9. The van der Waals surface area contributed by atoms with Gasteiger partial charge in [0, 0.05) is 44.6 Å². The number of pyridine rings is 1. The molecule has 1 atom stereocenters. The van der Waals surface area contributed by atoms with Crippen LogP contribution < -0.4 is 19.4 Å². The minimum Gasteiger partial charge on any atom is -0.497 e. The lowest BCUT2D eigenvalue weighted by Crippen LogP contribution is -2.56. The second kappa shape index (κ2) is 8.09. The van der Waals surface area contributed by atoms with Gasteiger partial charge in [0.1, 0.15) is 18.3 Å². The molecule has 31 heavy (non-hydrogen) atoms. The van der Waals surface area contributed by atoms with Gasteiger partial charge in [0.25, 0.3) is 0 Å². The van der Waals surface area contributed by atoms with Gasteiger partial charge in [-0.1, -0.05) is 0 Å². The highest BCUT2D eigenvalue weighted by atomic mass is 16.5. The zero-order valence-electron chi connectivity index (χ0n) is 17.7. The average Bonchev–Trinajstić information content (AvgIpc) is 3.32. The van der Waals surface area contributed by atoms with E-state index in [0.717, 1.165) is 55.4 Å². The fourth-order valence-corrected chi connectivity index (χ4v) is 4.80. The van der Waals surface area contributed by atoms with Crippen molar-refractivity contribution >= 4 is 29.0 Å². The monoisotopic (exact) mass is 421 g/mol. The molecule has 0 saturated carbocycles. The van der Waals surface area contributed by atoms with E-state index in [1.807, 2.05) is 41.3 Å². The molecular formula is C23H27N5O3. The van der Waals surface area contributed by atoms with Crippen LogP contribution >= 0.6 is 0 Å². The predicted molar refractivity (Wildman–Crippen MR) is 119 cm³/mol. The molecular weight excluding hydrogens is 394 g/mol. The number of nitrogens with zero attached hydrogens (tertiary/aromatic N) is 5. The van der Waals surface area contributed by atoms with Crippen LogP contribution in [-0.4, -0.2) is 74.1 Å². The molecule has 0 spiro atoms. The van der Waals surface area contributed by atoms with Crippen molar-refractivity contribution < 1.29 is 14.3 Å². The summed E-state index contributed by atoms with van der Waals surface area (Å²) in [5.41, 5.74) is 1.87. The van der Waals surface area contributed by atoms with Gasteiger partial charge in [-0.25, -0.2) is 4.98 Å². The number of hydrogen-bond acceptors (Lipinski definition) is 6. The predicted octanol–water partition coefficient (Wildman–Crippen LogP) is 1.75. The number of benzene rings is 1.